The molecule has 2 aromatic rings. The second-order valence-electron chi connectivity index (χ2n) is 8.96. The minimum atomic E-state index is -4.67. The highest BCUT2D eigenvalue weighted by Crippen LogP contribution is 2.38. The van der Waals surface area contributed by atoms with Crippen LogP contribution in [0.1, 0.15) is 50.0 Å². The number of halogens is 3. The largest absolute Gasteiger partial charge is 0.444 e. The molecule has 2 atom stereocenters. The number of thiophene rings is 1. The summed E-state index contributed by atoms with van der Waals surface area (Å²) in [5, 5.41) is 4.49. The Morgan fingerprint density at radius 2 is 2.00 bits per heavy atom. The van der Waals surface area contributed by atoms with Gasteiger partial charge < -0.3 is 20.7 Å². The smallest absolute Gasteiger partial charge is 0.420 e. The first-order valence-electron chi connectivity index (χ1n) is 10.3. The van der Waals surface area contributed by atoms with Crippen LogP contribution in [-0.2, 0) is 10.9 Å². The van der Waals surface area contributed by atoms with E-state index in [1.165, 1.54) is 11.4 Å². The van der Waals surface area contributed by atoms with E-state index in [1.54, 1.807) is 25.7 Å². The average Bonchev–Trinajstić information content (AvgIpc) is 3.18. The van der Waals surface area contributed by atoms with E-state index < -0.39 is 29.3 Å². The molecule has 1 aliphatic rings. The monoisotopic (exact) mass is 485 g/mol. The van der Waals surface area contributed by atoms with Crippen LogP contribution in [0.5, 0.6) is 0 Å². The molecule has 0 radical (unpaired) electrons. The first kappa shape index (κ1) is 24.7. The van der Waals surface area contributed by atoms with E-state index in [4.69, 9.17) is 10.5 Å². The lowest BCUT2D eigenvalue weighted by molar-refractivity contribution is -0.137. The maximum atomic E-state index is 13.6. The van der Waals surface area contributed by atoms with Gasteiger partial charge in [-0.15, -0.1) is 11.3 Å². The number of nitrogens with zero attached hydrogens (tertiary/aromatic N) is 3. The molecule has 0 aromatic carbocycles. The molecule has 1 fully saturated rings. The lowest BCUT2D eigenvalue weighted by atomic mass is 9.94. The van der Waals surface area contributed by atoms with Crippen LogP contribution in [0, 0.1) is 5.92 Å². The Morgan fingerprint density at radius 1 is 1.30 bits per heavy atom. The van der Waals surface area contributed by atoms with Gasteiger partial charge in [-0.3, -0.25) is 4.79 Å². The molecule has 1 saturated heterocycles. The van der Waals surface area contributed by atoms with E-state index in [9.17, 15) is 22.8 Å². The van der Waals surface area contributed by atoms with E-state index >= 15 is 0 Å². The Balaban J connectivity index is 1.79. The van der Waals surface area contributed by atoms with Crippen LogP contribution >= 0.6 is 11.3 Å². The van der Waals surface area contributed by atoms with Crippen LogP contribution < -0.4 is 11.1 Å². The van der Waals surface area contributed by atoms with Gasteiger partial charge in [-0.2, -0.15) is 13.2 Å². The number of aromatic nitrogens is 2. The number of ether oxygens (including phenoxy) is 1. The first-order chi connectivity index (χ1) is 15.2. The van der Waals surface area contributed by atoms with E-state index in [1.807, 2.05) is 6.92 Å². The molecule has 3 heterocycles. The summed E-state index contributed by atoms with van der Waals surface area (Å²) >= 11 is 0.948. The summed E-state index contributed by atoms with van der Waals surface area (Å²) in [5.74, 6) is -0.720. The Morgan fingerprint density at radius 3 is 2.55 bits per heavy atom. The van der Waals surface area contributed by atoms with Crippen LogP contribution in [0.25, 0.3) is 10.6 Å². The van der Waals surface area contributed by atoms with E-state index in [0.29, 0.717) is 19.5 Å². The Hall–Kier alpha value is -2.89. The first-order valence-corrected chi connectivity index (χ1v) is 11.2. The summed E-state index contributed by atoms with van der Waals surface area (Å²) in [6.07, 6.45) is -3.79. The number of anilines is 1. The number of carbonyl (C=O) groups excluding carboxylic acids is 2. The molecular weight excluding hydrogens is 459 g/mol. The van der Waals surface area contributed by atoms with Gasteiger partial charge in [0.25, 0.3) is 0 Å². The van der Waals surface area contributed by atoms with Crippen LogP contribution in [0.4, 0.5) is 23.9 Å². The fraction of sp³-hybridized carbons (Fsp3) is 0.524. The van der Waals surface area contributed by atoms with Gasteiger partial charge in [-0.25, -0.2) is 14.8 Å². The van der Waals surface area contributed by atoms with Crippen molar-refractivity contribution in [3.63, 3.8) is 0 Å². The molecule has 0 spiro atoms. The van der Waals surface area contributed by atoms with Crippen molar-refractivity contribution in [2.75, 3.05) is 18.4 Å². The number of piperidine rings is 1. The number of hydrogen-bond donors (Lipinski definition) is 2. The molecule has 0 saturated carbocycles. The lowest BCUT2D eigenvalue weighted by Crippen LogP contribution is -2.49. The summed E-state index contributed by atoms with van der Waals surface area (Å²) < 4.78 is 46.1. The summed E-state index contributed by atoms with van der Waals surface area (Å²) in [6.45, 7) is 8.16. The highest BCUT2D eigenvalue weighted by Gasteiger charge is 2.37. The number of nitrogens with one attached hydrogen (secondary N) is 1. The van der Waals surface area contributed by atoms with Crippen LogP contribution in [0.3, 0.4) is 0 Å². The van der Waals surface area contributed by atoms with Gasteiger partial charge in [0, 0.05) is 30.7 Å². The molecule has 1 aliphatic heterocycles. The second-order valence-corrected chi connectivity index (χ2v) is 9.87. The molecule has 3 N–H and O–H groups in total. The van der Waals surface area contributed by atoms with E-state index in [-0.39, 0.29) is 34.0 Å². The Labute approximate surface area is 193 Å². The fourth-order valence-electron chi connectivity index (χ4n) is 3.45. The molecule has 0 unspecified atom stereocenters. The van der Waals surface area contributed by atoms with Crippen molar-refractivity contribution in [2.45, 2.75) is 51.9 Å². The van der Waals surface area contributed by atoms with E-state index in [0.717, 1.165) is 17.5 Å². The molecule has 180 valence electrons. The number of likely N-dealkylation sites (tertiary alicyclic amines) is 1. The average molecular weight is 486 g/mol. The molecule has 0 aliphatic carbocycles. The molecule has 12 heteroatoms. The normalized spacial score (nSPS) is 19.3. The fourth-order valence-corrected chi connectivity index (χ4v) is 4.35. The van der Waals surface area contributed by atoms with Gasteiger partial charge >= 0.3 is 12.3 Å². The minimum Gasteiger partial charge on any atom is -0.444 e. The van der Waals surface area contributed by atoms with Crippen molar-refractivity contribution in [1.82, 2.24) is 14.9 Å². The van der Waals surface area contributed by atoms with Crippen molar-refractivity contribution < 1.29 is 27.5 Å². The number of rotatable bonds is 4. The van der Waals surface area contributed by atoms with Crippen LogP contribution in [0.2, 0.25) is 0 Å². The molecule has 2 aromatic heterocycles. The topological polar surface area (TPSA) is 110 Å². The van der Waals surface area contributed by atoms with Gasteiger partial charge in [0.2, 0.25) is 11.9 Å². The van der Waals surface area contributed by atoms with Gasteiger partial charge in [0.1, 0.15) is 11.2 Å². The summed E-state index contributed by atoms with van der Waals surface area (Å²) in [7, 11) is 0. The quantitative estimate of drug-likeness (QED) is 0.665. The van der Waals surface area contributed by atoms with Gasteiger partial charge in [-0.05, 0) is 39.2 Å². The molecule has 2 amide bonds. The number of nitrogens with two attached hydrogens (primary N) is 1. The number of amides is 2. The summed E-state index contributed by atoms with van der Waals surface area (Å²) in [5.41, 5.74) is 3.41. The molecule has 8 nitrogen and oxygen atoms in total. The zero-order valence-electron chi connectivity index (χ0n) is 18.7. The summed E-state index contributed by atoms with van der Waals surface area (Å²) in [4.78, 5) is 33.5. The van der Waals surface area contributed by atoms with Gasteiger partial charge in [0.15, 0.2) is 0 Å². The number of carbonyl (C=O) groups is 2. The number of alkyl halides is 3. The molecule has 33 heavy (non-hydrogen) atoms. The minimum absolute atomic E-state index is 0.0242. The molecular formula is C21H26F3N5O3S. The van der Waals surface area contributed by atoms with E-state index in [2.05, 4.69) is 15.3 Å². The SMILES string of the molecule is C[C@@H]1CN(C(=O)OC(C)(C)C)CC[C@@H]1Nc1ncc(C(F)(F)F)c(-c2cc(C(N)=O)cs2)n1. The van der Waals surface area contributed by atoms with Gasteiger partial charge in [-0.1, -0.05) is 6.92 Å². The lowest BCUT2D eigenvalue weighted by Gasteiger charge is -2.37. The van der Waals surface area contributed by atoms with Crippen molar-refractivity contribution >= 4 is 29.3 Å². The predicted molar refractivity (Wildman–Crippen MR) is 118 cm³/mol. The van der Waals surface area contributed by atoms with Crippen molar-refractivity contribution in [3.8, 4) is 10.6 Å². The maximum Gasteiger partial charge on any atom is 0.420 e. The van der Waals surface area contributed by atoms with Crippen LogP contribution in [-0.4, -0.2) is 51.6 Å². The molecule has 3 rings (SSSR count). The zero-order valence-corrected chi connectivity index (χ0v) is 19.5. The predicted octanol–water partition coefficient (Wildman–Crippen LogP) is 4.38. The molecule has 0 bridgehead atoms. The maximum absolute atomic E-state index is 13.6. The highest BCUT2D eigenvalue weighted by atomic mass is 32.1. The van der Waals surface area contributed by atoms with Crippen molar-refractivity contribution in [2.24, 2.45) is 11.7 Å². The van der Waals surface area contributed by atoms with Crippen molar-refractivity contribution in [3.05, 3.63) is 28.8 Å². The van der Waals surface area contributed by atoms with Gasteiger partial charge in [0.05, 0.1) is 16.1 Å². The third kappa shape index (κ3) is 6.12. The number of hydrogen-bond acceptors (Lipinski definition) is 7. The van der Waals surface area contributed by atoms with Crippen LogP contribution in [0.15, 0.2) is 17.6 Å². The standard InChI is InChI=1S/C21H26F3N5O3S/c1-11-9-29(19(31)32-20(2,3)4)6-5-14(11)27-18-26-8-13(21(22,23)24)16(28-18)15-7-12(10-33-15)17(25)30/h7-8,10-11,14H,5-6,9H2,1-4H3,(H2,25,30)(H,26,27,28)/t11-,14+/m1/s1. The zero-order chi connectivity index (χ0) is 24.6. The Kier molecular flexibility index (Phi) is 6.87. The third-order valence-corrected chi connectivity index (χ3v) is 6.02. The summed E-state index contributed by atoms with van der Waals surface area (Å²) in [6, 6.07) is 1.13. The Bertz CT molecular complexity index is 1030. The van der Waals surface area contributed by atoms with Crippen molar-refractivity contribution in [1.29, 1.82) is 0 Å². The third-order valence-electron chi connectivity index (χ3n) is 5.08. The highest BCUT2D eigenvalue weighted by molar-refractivity contribution is 7.13. The number of primary amides is 1. The second kappa shape index (κ2) is 9.16.